The second-order valence-corrected chi connectivity index (χ2v) is 9.66. The van der Waals surface area contributed by atoms with E-state index in [9.17, 15) is 8.42 Å². The Morgan fingerprint density at radius 2 is 2.00 bits per heavy atom. The van der Waals surface area contributed by atoms with Gasteiger partial charge >= 0.3 is 0 Å². The predicted molar refractivity (Wildman–Crippen MR) is 85.9 cm³/mol. The van der Waals surface area contributed by atoms with Gasteiger partial charge in [0.25, 0.3) is 10.0 Å². The second kappa shape index (κ2) is 5.99. The van der Waals surface area contributed by atoms with Crippen LogP contribution in [-0.2, 0) is 16.6 Å². The largest absolute Gasteiger partial charge is 0.310 e. The average molecular weight is 329 g/mol. The van der Waals surface area contributed by atoms with Crippen LogP contribution >= 0.6 is 11.3 Å². The fourth-order valence-corrected chi connectivity index (χ4v) is 6.33. The Balaban J connectivity index is 1.70. The molecule has 1 aliphatic heterocycles. The van der Waals surface area contributed by atoms with E-state index in [2.05, 4.69) is 19.2 Å². The van der Waals surface area contributed by atoms with Gasteiger partial charge in [0.1, 0.15) is 4.21 Å². The van der Waals surface area contributed by atoms with Crippen LogP contribution in [-0.4, -0.2) is 31.9 Å². The summed E-state index contributed by atoms with van der Waals surface area (Å²) in [4.78, 5) is 0. The van der Waals surface area contributed by atoms with Crippen molar-refractivity contribution in [2.24, 2.45) is 11.8 Å². The molecule has 1 aromatic rings. The number of fused-ring (bicyclic) bond motifs is 1. The lowest BCUT2D eigenvalue weighted by molar-refractivity contribution is 0.447. The minimum absolute atomic E-state index is 0.405. The number of hydrogen-bond donors (Lipinski definition) is 1. The van der Waals surface area contributed by atoms with Crippen LogP contribution in [0.2, 0.25) is 0 Å². The average Bonchev–Trinajstić information content (AvgIpc) is 3.11. The van der Waals surface area contributed by atoms with E-state index in [0.29, 0.717) is 22.1 Å². The highest BCUT2D eigenvalue weighted by Crippen LogP contribution is 2.40. The van der Waals surface area contributed by atoms with Crippen molar-refractivity contribution >= 4 is 21.4 Å². The molecule has 3 rings (SSSR count). The summed E-state index contributed by atoms with van der Waals surface area (Å²) >= 11 is 1.35. The molecule has 2 fully saturated rings. The van der Waals surface area contributed by atoms with Crippen molar-refractivity contribution in [3.8, 4) is 0 Å². The number of nitrogens with one attached hydrogen (secondary N) is 1. The highest BCUT2D eigenvalue weighted by atomic mass is 32.2. The van der Waals surface area contributed by atoms with Gasteiger partial charge in [0, 0.05) is 25.7 Å². The normalized spacial score (nSPS) is 26.6. The van der Waals surface area contributed by atoms with Crippen LogP contribution in [0.1, 0.15) is 38.7 Å². The highest BCUT2D eigenvalue weighted by molar-refractivity contribution is 7.91. The Morgan fingerprint density at radius 1 is 1.33 bits per heavy atom. The van der Waals surface area contributed by atoms with Crippen molar-refractivity contribution < 1.29 is 8.42 Å². The molecule has 0 radical (unpaired) electrons. The summed E-state index contributed by atoms with van der Waals surface area (Å²) in [5, 5.41) is 5.28. The van der Waals surface area contributed by atoms with E-state index < -0.39 is 10.0 Å². The van der Waals surface area contributed by atoms with E-state index in [0.717, 1.165) is 25.2 Å². The summed E-state index contributed by atoms with van der Waals surface area (Å²) in [6.07, 6.45) is 3.67. The molecule has 6 heteroatoms. The molecule has 4 nitrogen and oxygen atoms in total. The van der Waals surface area contributed by atoms with E-state index in [1.165, 1.54) is 30.6 Å². The summed E-state index contributed by atoms with van der Waals surface area (Å²) in [6, 6.07) is 2.24. The highest BCUT2D eigenvalue weighted by Gasteiger charge is 2.41. The van der Waals surface area contributed by atoms with Crippen LogP contribution in [0, 0.1) is 11.8 Å². The molecule has 2 atom stereocenters. The van der Waals surface area contributed by atoms with Crippen LogP contribution in [0.4, 0.5) is 0 Å². The molecule has 2 aliphatic rings. The van der Waals surface area contributed by atoms with Gasteiger partial charge in [0.15, 0.2) is 0 Å². The standard InChI is InChI=1S/C15H24N2O2S2/c1-11(2)16-7-12-6-15(20-10-12)21(18,19)17-8-13-4-3-5-14(13)9-17/h6,10-11,13-14,16H,3-5,7-9H2,1-2H3. The SMILES string of the molecule is CC(C)NCc1csc(S(=O)(=O)N2CC3CCCC3C2)c1. The minimum Gasteiger partial charge on any atom is -0.310 e. The van der Waals surface area contributed by atoms with Crippen molar-refractivity contribution in [2.75, 3.05) is 13.1 Å². The minimum atomic E-state index is -3.27. The van der Waals surface area contributed by atoms with Crippen LogP contribution in [0.3, 0.4) is 0 Å². The van der Waals surface area contributed by atoms with E-state index in [4.69, 9.17) is 0 Å². The van der Waals surface area contributed by atoms with Gasteiger partial charge in [0.2, 0.25) is 0 Å². The maximum atomic E-state index is 12.7. The fraction of sp³-hybridized carbons (Fsp3) is 0.733. The van der Waals surface area contributed by atoms with Crippen LogP contribution in [0.25, 0.3) is 0 Å². The zero-order chi connectivity index (χ0) is 15.0. The molecule has 1 saturated heterocycles. The first-order chi connectivity index (χ1) is 9.96. The molecule has 21 heavy (non-hydrogen) atoms. The van der Waals surface area contributed by atoms with Crippen LogP contribution in [0.5, 0.6) is 0 Å². The molecule has 0 aromatic carbocycles. The Hall–Kier alpha value is -0.430. The summed E-state index contributed by atoms with van der Waals surface area (Å²) in [5.74, 6) is 1.20. The fourth-order valence-electron chi connectivity index (χ4n) is 3.42. The third-order valence-corrected chi connectivity index (χ3v) is 7.93. The molecule has 0 bridgehead atoms. The Labute approximate surface area is 131 Å². The summed E-state index contributed by atoms with van der Waals surface area (Å²) in [5.41, 5.74) is 1.06. The number of sulfonamides is 1. The second-order valence-electron chi connectivity index (χ2n) is 6.58. The molecule has 1 aliphatic carbocycles. The Kier molecular flexibility index (Phi) is 4.41. The zero-order valence-corrected chi connectivity index (χ0v) is 14.3. The lowest BCUT2D eigenvalue weighted by Crippen LogP contribution is -2.29. The number of nitrogens with zero attached hydrogens (tertiary/aromatic N) is 1. The summed E-state index contributed by atoms with van der Waals surface area (Å²) < 4.78 is 27.7. The molecule has 0 spiro atoms. The first-order valence-corrected chi connectivity index (χ1v) is 10.1. The van der Waals surface area contributed by atoms with Gasteiger partial charge in [-0.2, -0.15) is 4.31 Å². The van der Waals surface area contributed by atoms with Crippen LogP contribution in [0.15, 0.2) is 15.7 Å². The Morgan fingerprint density at radius 3 is 2.62 bits per heavy atom. The van der Waals surface area contributed by atoms with Gasteiger partial charge in [-0.05, 0) is 41.7 Å². The quantitative estimate of drug-likeness (QED) is 0.904. The lowest BCUT2D eigenvalue weighted by atomic mass is 10.0. The van der Waals surface area contributed by atoms with Gasteiger partial charge in [-0.1, -0.05) is 20.3 Å². The Bertz CT molecular complexity index is 583. The third-order valence-electron chi connectivity index (χ3n) is 4.63. The third kappa shape index (κ3) is 3.18. The topological polar surface area (TPSA) is 49.4 Å². The maximum absolute atomic E-state index is 12.7. The molecule has 2 heterocycles. The van der Waals surface area contributed by atoms with Crippen molar-refractivity contribution in [1.82, 2.24) is 9.62 Å². The van der Waals surface area contributed by atoms with Crippen molar-refractivity contribution in [1.29, 1.82) is 0 Å². The predicted octanol–water partition coefficient (Wildman–Crippen LogP) is 2.67. The molecule has 1 saturated carbocycles. The van der Waals surface area contributed by atoms with Gasteiger partial charge in [-0.15, -0.1) is 11.3 Å². The molecule has 1 N–H and O–H groups in total. The van der Waals surface area contributed by atoms with E-state index >= 15 is 0 Å². The van der Waals surface area contributed by atoms with Crippen LogP contribution < -0.4 is 5.32 Å². The van der Waals surface area contributed by atoms with E-state index in [1.54, 1.807) is 4.31 Å². The van der Waals surface area contributed by atoms with E-state index in [-0.39, 0.29) is 0 Å². The molecule has 2 unspecified atom stereocenters. The van der Waals surface area contributed by atoms with Gasteiger partial charge in [0.05, 0.1) is 0 Å². The molecular formula is C15H24N2O2S2. The molecule has 118 valence electrons. The number of rotatable bonds is 5. The zero-order valence-electron chi connectivity index (χ0n) is 12.7. The molecule has 0 amide bonds. The van der Waals surface area contributed by atoms with Crippen molar-refractivity contribution in [3.63, 3.8) is 0 Å². The lowest BCUT2D eigenvalue weighted by Gasteiger charge is -2.15. The summed E-state index contributed by atoms with van der Waals surface area (Å²) in [6.45, 7) is 6.36. The first-order valence-electron chi connectivity index (χ1n) is 7.78. The molecular weight excluding hydrogens is 304 g/mol. The van der Waals surface area contributed by atoms with Gasteiger partial charge in [-0.3, -0.25) is 0 Å². The molecule has 1 aromatic heterocycles. The van der Waals surface area contributed by atoms with Crippen molar-refractivity contribution in [3.05, 3.63) is 17.0 Å². The van der Waals surface area contributed by atoms with Gasteiger partial charge in [-0.25, -0.2) is 8.42 Å². The van der Waals surface area contributed by atoms with E-state index in [1.807, 2.05) is 11.4 Å². The smallest absolute Gasteiger partial charge is 0.252 e. The maximum Gasteiger partial charge on any atom is 0.252 e. The summed E-state index contributed by atoms with van der Waals surface area (Å²) in [7, 11) is -3.27. The first kappa shape index (κ1) is 15.5. The number of hydrogen-bond acceptors (Lipinski definition) is 4. The monoisotopic (exact) mass is 328 g/mol. The van der Waals surface area contributed by atoms with Gasteiger partial charge < -0.3 is 5.32 Å². The van der Waals surface area contributed by atoms with Crippen molar-refractivity contribution in [2.45, 2.75) is 49.9 Å². The number of thiophene rings is 1.